The summed E-state index contributed by atoms with van der Waals surface area (Å²) < 4.78 is 9.31. The Kier molecular flexibility index (Phi) is 13.5. The minimum atomic E-state index is -0.204. The number of ketones is 2. The number of allylic oxidation sites excluding steroid dienone is 4. The van der Waals surface area contributed by atoms with Crippen LogP contribution in [0.4, 0.5) is 0 Å². The van der Waals surface area contributed by atoms with Gasteiger partial charge in [-0.3, -0.25) is 19.2 Å². The van der Waals surface area contributed by atoms with Crippen molar-refractivity contribution in [2.24, 2.45) is 23.7 Å². The van der Waals surface area contributed by atoms with E-state index in [1.807, 2.05) is 0 Å². The van der Waals surface area contributed by atoms with Crippen molar-refractivity contribution in [1.29, 1.82) is 0 Å². The highest BCUT2D eigenvalue weighted by Crippen LogP contribution is 2.35. The minimum Gasteiger partial charge on any atom is -0.469 e. The first-order chi connectivity index (χ1) is 15.4. The van der Waals surface area contributed by atoms with Crippen LogP contribution in [0.25, 0.3) is 0 Å². The molecule has 32 heavy (non-hydrogen) atoms. The van der Waals surface area contributed by atoms with E-state index in [2.05, 4.69) is 47.6 Å². The molecule has 0 aliphatic heterocycles. The summed E-state index contributed by atoms with van der Waals surface area (Å²) >= 11 is 0. The number of rotatable bonds is 10. The predicted octanol–water partition coefficient (Wildman–Crippen LogP) is 5.00. The molecule has 0 aromatic rings. The zero-order valence-electron chi connectivity index (χ0n) is 20.1. The lowest BCUT2D eigenvalue weighted by molar-refractivity contribution is -0.143. The molecule has 2 rings (SSSR count). The van der Waals surface area contributed by atoms with Crippen LogP contribution >= 0.6 is 0 Å². The molecule has 0 aromatic carbocycles. The predicted molar refractivity (Wildman–Crippen MR) is 124 cm³/mol. The molecular weight excluding hydrogens is 408 g/mol. The summed E-state index contributed by atoms with van der Waals surface area (Å²) in [7, 11) is 2.79. The van der Waals surface area contributed by atoms with Gasteiger partial charge in [0.1, 0.15) is 11.6 Å². The maximum atomic E-state index is 11.7. The molecule has 0 saturated heterocycles. The van der Waals surface area contributed by atoms with Crippen molar-refractivity contribution in [2.75, 3.05) is 14.2 Å². The van der Waals surface area contributed by atoms with Gasteiger partial charge in [0.15, 0.2) is 0 Å². The van der Waals surface area contributed by atoms with E-state index in [9.17, 15) is 19.2 Å². The molecular formula is C26H40O6. The number of Topliss-reactive ketones (excluding diaryl/α,β-unsaturated/α-hetero) is 2. The molecule has 0 radical (unpaired) electrons. The molecule has 4 atom stereocenters. The summed E-state index contributed by atoms with van der Waals surface area (Å²) in [6.45, 7) is 4.14. The first kappa shape index (κ1) is 27.8. The third-order valence-electron chi connectivity index (χ3n) is 6.39. The summed E-state index contributed by atoms with van der Waals surface area (Å²) in [5, 5.41) is 0. The van der Waals surface area contributed by atoms with Gasteiger partial charge < -0.3 is 9.47 Å². The molecule has 2 aliphatic carbocycles. The van der Waals surface area contributed by atoms with Crippen molar-refractivity contribution in [3.8, 4) is 0 Å². The van der Waals surface area contributed by atoms with Crippen LogP contribution in [0.5, 0.6) is 0 Å². The topological polar surface area (TPSA) is 86.7 Å². The van der Waals surface area contributed by atoms with Crippen LogP contribution in [0.3, 0.4) is 0 Å². The average molecular weight is 449 g/mol. The standard InChI is InChI=1S/2C13H20O3/c2*1-3-4-5-6-11-10(7-8-12(11)14)9-13(15)16-2/h2*4-5,10-11H,3,6-9H2,1-2H3/b2*5-4-/t2*10-,11-/m00/s1. The monoisotopic (exact) mass is 448 g/mol. The zero-order chi connectivity index (χ0) is 23.9. The maximum absolute atomic E-state index is 11.7. The van der Waals surface area contributed by atoms with Crippen molar-refractivity contribution in [3.05, 3.63) is 24.3 Å². The number of methoxy groups -OCH3 is 2. The van der Waals surface area contributed by atoms with Gasteiger partial charge in [0.25, 0.3) is 0 Å². The van der Waals surface area contributed by atoms with Crippen molar-refractivity contribution in [2.45, 2.75) is 78.1 Å². The average Bonchev–Trinajstić information content (AvgIpc) is 3.31. The van der Waals surface area contributed by atoms with E-state index in [0.717, 1.165) is 38.5 Å². The van der Waals surface area contributed by atoms with E-state index >= 15 is 0 Å². The first-order valence-electron chi connectivity index (χ1n) is 11.9. The van der Waals surface area contributed by atoms with Crippen molar-refractivity contribution < 1.29 is 28.7 Å². The molecule has 180 valence electrons. The minimum absolute atomic E-state index is 0.0295. The largest absolute Gasteiger partial charge is 0.469 e. The van der Waals surface area contributed by atoms with E-state index in [0.29, 0.717) is 37.2 Å². The molecule has 2 saturated carbocycles. The smallest absolute Gasteiger partial charge is 0.305 e. The van der Waals surface area contributed by atoms with Gasteiger partial charge in [-0.05, 0) is 50.4 Å². The molecule has 6 heteroatoms. The van der Waals surface area contributed by atoms with E-state index in [-0.39, 0.29) is 35.6 Å². The van der Waals surface area contributed by atoms with Gasteiger partial charge in [0, 0.05) is 37.5 Å². The Morgan fingerprint density at radius 1 is 0.750 bits per heavy atom. The molecule has 0 bridgehead atoms. The second-order valence-electron chi connectivity index (χ2n) is 8.53. The van der Waals surface area contributed by atoms with E-state index < -0.39 is 0 Å². The summed E-state index contributed by atoms with van der Waals surface area (Å²) in [6, 6.07) is 0. The summed E-state index contributed by atoms with van der Waals surface area (Å²) in [5.41, 5.74) is 0. The summed E-state index contributed by atoms with van der Waals surface area (Å²) in [6.07, 6.45) is 15.4. The Hall–Kier alpha value is -2.24. The summed E-state index contributed by atoms with van der Waals surface area (Å²) in [5.74, 6) is 0.615. The van der Waals surface area contributed by atoms with Gasteiger partial charge in [0.2, 0.25) is 0 Å². The number of esters is 2. The molecule has 0 heterocycles. The maximum Gasteiger partial charge on any atom is 0.305 e. The molecule has 0 unspecified atom stereocenters. The van der Waals surface area contributed by atoms with Gasteiger partial charge in [0.05, 0.1) is 14.2 Å². The number of carbonyl (C=O) groups is 4. The first-order valence-corrected chi connectivity index (χ1v) is 11.9. The van der Waals surface area contributed by atoms with Crippen LogP contribution in [-0.2, 0) is 28.7 Å². The van der Waals surface area contributed by atoms with Gasteiger partial charge in [-0.1, -0.05) is 38.2 Å². The fourth-order valence-electron chi connectivity index (χ4n) is 4.50. The molecule has 2 fully saturated rings. The number of hydrogen-bond donors (Lipinski definition) is 0. The third-order valence-corrected chi connectivity index (χ3v) is 6.39. The van der Waals surface area contributed by atoms with Crippen LogP contribution < -0.4 is 0 Å². The van der Waals surface area contributed by atoms with Crippen LogP contribution in [0.1, 0.15) is 78.1 Å². The van der Waals surface area contributed by atoms with E-state index in [1.54, 1.807) is 0 Å². The van der Waals surface area contributed by atoms with Crippen LogP contribution in [0, 0.1) is 23.7 Å². The normalized spacial score (nSPS) is 25.2. The van der Waals surface area contributed by atoms with Crippen LogP contribution in [0.15, 0.2) is 24.3 Å². The fourth-order valence-corrected chi connectivity index (χ4v) is 4.50. The Labute approximate surface area is 192 Å². The molecule has 0 amide bonds. The lowest BCUT2D eigenvalue weighted by Gasteiger charge is -2.15. The zero-order valence-corrected chi connectivity index (χ0v) is 20.1. The number of carbonyl (C=O) groups excluding carboxylic acids is 4. The number of hydrogen-bond acceptors (Lipinski definition) is 6. The highest BCUT2D eigenvalue weighted by Gasteiger charge is 2.35. The quantitative estimate of drug-likeness (QED) is 0.345. The number of ether oxygens (including phenoxy) is 2. The second kappa shape index (κ2) is 15.5. The lowest BCUT2D eigenvalue weighted by Crippen LogP contribution is -2.18. The van der Waals surface area contributed by atoms with Gasteiger partial charge >= 0.3 is 11.9 Å². The van der Waals surface area contributed by atoms with E-state index in [4.69, 9.17) is 0 Å². The Morgan fingerprint density at radius 3 is 1.44 bits per heavy atom. The van der Waals surface area contributed by atoms with Crippen molar-refractivity contribution in [3.63, 3.8) is 0 Å². The summed E-state index contributed by atoms with van der Waals surface area (Å²) in [4.78, 5) is 45.7. The Balaban J connectivity index is 0.000000320. The van der Waals surface area contributed by atoms with Gasteiger partial charge in [-0.25, -0.2) is 0 Å². The highest BCUT2D eigenvalue weighted by atomic mass is 16.5. The fraction of sp³-hybridized carbons (Fsp3) is 0.692. The van der Waals surface area contributed by atoms with Crippen molar-refractivity contribution in [1.82, 2.24) is 0 Å². The molecule has 2 aliphatic rings. The molecule has 0 aromatic heterocycles. The lowest BCUT2D eigenvalue weighted by atomic mass is 9.89. The SMILES string of the molecule is CC/C=C\C[C@@H]1C(=O)CC[C@H]1CC(=O)OC.CC/C=C\C[C@@H]1C(=O)CC[C@H]1CC(=O)OC. The second-order valence-corrected chi connectivity index (χ2v) is 8.53. The Morgan fingerprint density at radius 2 is 1.12 bits per heavy atom. The third kappa shape index (κ3) is 9.49. The highest BCUT2D eigenvalue weighted by molar-refractivity contribution is 5.85. The molecule has 6 nitrogen and oxygen atoms in total. The van der Waals surface area contributed by atoms with Gasteiger partial charge in [-0.15, -0.1) is 0 Å². The van der Waals surface area contributed by atoms with E-state index in [1.165, 1.54) is 14.2 Å². The Bertz CT molecular complexity index is 620. The molecule has 0 spiro atoms. The van der Waals surface area contributed by atoms with Gasteiger partial charge in [-0.2, -0.15) is 0 Å². The molecule has 0 N–H and O–H groups in total. The van der Waals surface area contributed by atoms with Crippen LogP contribution in [0.2, 0.25) is 0 Å². The van der Waals surface area contributed by atoms with Crippen LogP contribution in [-0.4, -0.2) is 37.7 Å². The van der Waals surface area contributed by atoms with Crippen molar-refractivity contribution >= 4 is 23.5 Å².